The topological polar surface area (TPSA) is 33.2 Å². The number of halogens is 8. The van der Waals surface area contributed by atoms with Gasteiger partial charge in [-0.2, -0.15) is 26.3 Å². The van der Waals surface area contributed by atoms with E-state index in [4.69, 9.17) is 11.6 Å². The maximum Gasteiger partial charge on any atom is 0.419 e. The fourth-order valence-corrected chi connectivity index (χ4v) is 3.93. The molecule has 3 aromatic rings. The SMILES string of the molecule is CC(C)(C)c1ccc(CN(CCc2ccc(C(F)(F)F)c(F)c2)C(=O)c2cc(C(F)(F)F)cc(Cl)n2)cc1. The molecule has 0 aliphatic heterocycles. The van der Waals surface area contributed by atoms with Crippen LogP contribution in [0.4, 0.5) is 30.7 Å². The van der Waals surface area contributed by atoms with Crippen molar-refractivity contribution in [3.05, 3.63) is 99.1 Å². The van der Waals surface area contributed by atoms with Crippen molar-refractivity contribution in [1.82, 2.24) is 9.88 Å². The van der Waals surface area contributed by atoms with E-state index in [9.17, 15) is 35.5 Å². The van der Waals surface area contributed by atoms with Crippen molar-refractivity contribution >= 4 is 17.5 Å². The summed E-state index contributed by atoms with van der Waals surface area (Å²) < 4.78 is 92.6. The lowest BCUT2D eigenvalue weighted by Crippen LogP contribution is -2.33. The van der Waals surface area contributed by atoms with Crippen LogP contribution in [0, 0.1) is 5.82 Å². The smallest absolute Gasteiger partial charge is 0.333 e. The lowest BCUT2D eigenvalue weighted by atomic mass is 9.87. The molecule has 0 saturated heterocycles. The van der Waals surface area contributed by atoms with E-state index in [1.165, 1.54) is 4.90 Å². The van der Waals surface area contributed by atoms with Gasteiger partial charge in [-0.25, -0.2) is 9.37 Å². The largest absolute Gasteiger partial charge is 0.419 e. The molecule has 38 heavy (non-hydrogen) atoms. The lowest BCUT2D eigenvalue weighted by molar-refractivity contribution is -0.140. The van der Waals surface area contributed by atoms with E-state index in [1.54, 1.807) is 12.1 Å². The zero-order valence-electron chi connectivity index (χ0n) is 20.6. The molecule has 0 atom stereocenters. The summed E-state index contributed by atoms with van der Waals surface area (Å²) in [6.45, 7) is 5.88. The molecule has 3 rings (SSSR count). The van der Waals surface area contributed by atoms with E-state index in [0.29, 0.717) is 23.8 Å². The molecule has 2 aromatic carbocycles. The highest BCUT2D eigenvalue weighted by atomic mass is 35.5. The molecule has 0 fully saturated rings. The third kappa shape index (κ3) is 7.46. The van der Waals surface area contributed by atoms with Gasteiger partial charge in [0, 0.05) is 13.1 Å². The predicted octanol–water partition coefficient (Wildman–Crippen LogP) is 8.09. The molecule has 0 saturated carbocycles. The Morgan fingerprint density at radius 3 is 1.97 bits per heavy atom. The van der Waals surface area contributed by atoms with Gasteiger partial charge in [-0.1, -0.05) is 62.7 Å². The Bertz CT molecular complexity index is 1300. The molecule has 204 valence electrons. The van der Waals surface area contributed by atoms with Gasteiger partial charge in [0.05, 0.1) is 11.1 Å². The zero-order chi connectivity index (χ0) is 28.5. The van der Waals surface area contributed by atoms with Gasteiger partial charge in [0.1, 0.15) is 16.7 Å². The van der Waals surface area contributed by atoms with Crippen LogP contribution in [0.25, 0.3) is 0 Å². The summed E-state index contributed by atoms with van der Waals surface area (Å²) in [4.78, 5) is 18.2. The van der Waals surface area contributed by atoms with Crippen molar-refractivity contribution < 1.29 is 35.5 Å². The number of alkyl halides is 6. The van der Waals surface area contributed by atoms with E-state index in [1.807, 2.05) is 32.9 Å². The van der Waals surface area contributed by atoms with Crippen molar-refractivity contribution in [2.45, 2.75) is 51.5 Å². The number of nitrogens with zero attached hydrogens (tertiary/aromatic N) is 2. The summed E-state index contributed by atoms with van der Waals surface area (Å²) >= 11 is 5.75. The first-order chi connectivity index (χ1) is 17.4. The second kappa shape index (κ2) is 10.9. The summed E-state index contributed by atoms with van der Waals surface area (Å²) in [5.41, 5.74) is -1.41. The molecule has 11 heteroatoms. The van der Waals surface area contributed by atoms with E-state index < -0.39 is 46.1 Å². The number of aromatic nitrogens is 1. The fraction of sp³-hybridized carbons (Fsp3) is 0.333. The summed E-state index contributed by atoms with van der Waals surface area (Å²) in [6.07, 6.45) is -9.70. The second-order valence-electron chi connectivity index (χ2n) is 9.80. The quantitative estimate of drug-likeness (QED) is 0.225. The van der Waals surface area contributed by atoms with Gasteiger partial charge in [-0.15, -0.1) is 0 Å². The fourth-order valence-electron chi connectivity index (χ4n) is 3.72. The van der Waals surface area contributed by atoms with Gasteiger partial charge >= 0.3 is 12.4 Å². The first kappa shape index (κ1) is 29.4. The number of hydrogen-bond donors (Lipinski definition) is 0. The van der Waals surface area contributed by atoms with E-state index in [-0.39, 0.29) is 30.5 Å². The third-order valence-corrected chi connectivity index (χ3v) is 6.02. The second-order valence-corrected chi connectivity index (χ2v) is 10.2. The molecule has 1 amide bonds. The molecule has 1 heterocycles. The number of pyridine rings is 1. The van der Waals surface area contributed by atoms with Crippen molar-refractivity contribution in [3.8, 4) is 0 Å². The molecule has 0 spiro atoms. The minimum Gasteiger partial charge on any atom is -0.333 e. The predicted molar refractivity (Wildman–Crippen MR) is 129 cm³/mol. The molecule has 0 unspecified atom stereocenters. The molecular formula is C27H24ClF7N2O. The summed E-state index contributed by atoms with van der Waals surface area (Å²) in [5.74, 6) is -2.33. The molecule has 0 aliphatic rings. The number of rotatable bonds is 6. The normalized spacial score (nSPS) is 12.5. The van der Waals surface area contributed by atoms with Crippen molar-refractivity contribution in [3.63, 3.8) is 0 Å². The minimum atomic E-state index is -4.86. The van der Waals surface area contributed by atoms with E-state index >= 15 is 0 Å². The highest BCUT2D eigenvalue weighted by molar-refractivity contribution is 6.29. The van der Waals surface area contributed by atoms with Gasteiger partial charge < -0.3 is 4.90 Å². The molecule has 0 N–H and O–H groups in total. The average molecular weight is 561 g/mol. The Kier molecular flexibility index (Phi) is 8.45. The molecule has 3 nitrogen and oxygen atoms in total. The van der Waals surface area contributed by atoms with Gasteiger partial charge in [-0.3, -0.25) is 4.79 Å². The maximum absolute atomic E-state index is 14.0. The lowest BCUT2D eigenvalue weighted by Gasteiger charge is -2.24. The monoisotopic (exact) mass is 560 g/mol. The van der Waals surface area contributed by atoms with Crippen molar-refractivity contribution in [2.75, 3.05) is 6.54 Å². The van der Waals surface area contributed by atoms with Gasteiger partial charge in [0.25, 0.3) is 5.91 Å². The Morgan fingerprint density at radius 1 is 0.842 bits per heavy atom. The summed E-state index contributed by atoms with van der Waals surface area (Å²) in [5, 5.41) is -0.525. The highest BCUT2D eigenvalue weighted by Gasteiger charge is 2.34. The van der Waals surface area contributed by atoms with Crippen molar-refractivity contribution in [2.24, 2.45) is 0 Å². The van der Waals surface area contributed by atoms with Gasteiger partial charge in [0.15, 0.2) is 0 Å². The maximum atomic E-state index is 14.0. The van der Waals surface area contributed by atoms with Crippen LogP contribution in [0.5, 0.6) is 0 Å². The van der Waals surface area contributed by atoms with Crippen molar-refractivity contribution in [1.29, 1.82) is 0 Å². The minimum absolute atomic E-state index is 0.0398. The van der Waals surface area contributed by atoms with Crippen LogP contribution in [-0.2, 0) is 30.7 Å². The summed E-state index contributed by atoms with van der Waals surface area (Å²) in [6, 6.07) is 10.9. The highest BCUT2D eigenvalue weighted by Crippen LogP contribution is 2.33. The van der Waals surface area contributed by atoms with Crippen LogP contribution in [0.2, 0.25) is 5.15 Å². The number of hydrogen-bond acceptors (Lipinski definition) is 2. The van der Waals surface area contributed by atoms with Crippen LogP contribution in [0.15, 0.2) is 54.6 Å². The third-order valence-electron chi connectivity index (χ3n) is 5.83. The number of benzene rings is 2. The zero-order valence-corrected chi connectivity index (χ0v) is 21.4. The number of amides is 1. The van der Waals surface area contributed by atoms with Gasteiger partial charge in [-0.05, 0) is 52.8 Å². The van der Waals surface area contributed by atoms with E-state index in [0.717, 1.165) is 17.7 Å². The van der Waals surface area contributed by atoms with Crippen LogP contribution in [0.3, 0.4) is 0 Å². The molecule has 1 aromatic heterocycles. The Morgan fingerprint density at radius 2 is 1.45 bits per heavy atom. The van der Waals surface area contributed by atoms with Crippen LogP contribution in [-0.4, -0.2) is 22.3 Å². The molecule has 0 radical (unpaired) electrons. The molecule has 0 aliphatic carbocycles. The Hall–Kier alpha value is -3.14. The first-order valence-corrected chi connectivity index (χ1v) is 11.8. The number of carbonyl (C=O) groups is 1. The van der Waals surface area contributed by atoms with Crippen LogP contribution < -0.4 is 0 Å². The van der Waals surface area contributed by atoms with Crippen LogP contribution in [0.1, 0.15) is 59.1 Å². The first-order valence-electron chi connectivity index (χ1n) is 11.4. The summed E-state index contributed by atoms with van der Waals surface area (Å²) in [7, 11) is 0. The number of carbonyl (C=O) groups excluding carboxylic acids is 1. The Labute approximate surface area is 220 Å². The molecular weight excluding hydrogens is 537 g/mol. The molecule has 0 bridgehead atoms. The Balaban J connectivity index is 1.92. The van der Waals surface area contributed by atoms with Gasteiger partial charge in [0.2, 0.25) is 0 Å². The standard InChI is InChI=1S/C27H24ClF7N2O/c1-25(2,3)18-7-4-17(5-8-18)15-37(11-10-16-6-9-20(21(29)12-16)27(33,34)35)24(38)22-13-19(26(30,31)32)14-23(28)36-22/h4-9,12-14H,10-11,15H2,1-3H3. The van der Waals surface area contributed by atoms with E-state index in [2.05, 4.69) is 4.98 Å². The van der Waals surface area contributed by atoms with Crippen LogP contribution >= 0.6 is 11.6 Å². The average Bonchev–Trinajstić information content (AvgIpc) is 2.79.